The number of pyridine rings is 1. The molecule has 0 aliphatic heterocycles. The van der Waals surface area contributed by atoms with Crippen molar-refractivity contribution in [2.24, 2.45) is 0 Å². The fraction of sp³-hybridized carbons (Fsp3) is 0.227. The molecule has 154 valence electrons. The molecular formula is C22H23N5O3. The molecule has 8 nitrogen and oxygen atoms in total. The minimum Gasteiger partial charge on any atom is -0.493 e. The van der Waals surface area contributed by atoms with Crippen molar-refractivity contribution in [2.75, 3.05) is 12.3 Å². The number of nitrogens with two attached hydrogens (primary N) is 1. The zero-order chi connectivity index (χ0) is 21.3. The number of aromatic nitrogens is 4. The summed E-state index contributed by atoms with van der Waals surface area (Å²) in [5, 5.41) is 10.3. The highest BCUT2D eigenvalue weighted by atomic mass is 16.5. The van der Waals surface area contributed by atoms with Gasteiger partial charge < -0.3 is 20.6 Å². The second-order valence-corrected chi connectivity index (χ2v) is 7.72. The number of ether oxygens (including phenoxy) is 1. The average molecular weight is 405 g/mol. The van der Waals surface area contributed by atoms with E-state index in [1.165, 1.54) is 6.33 Å². The largest absolute Gasteiger partial charge is 0.493 e. The third-order valence-corrected chi connectivity index (χ3v) is 4.79. The third kappa shape index (κ3) is 4.04. The Labute approximate surface area is 173 Å². The van der Waals surface area contributed by atoms with Gasteiger partial charge in [-0.05, 0) is 43.7 Å². The predicted octanol–water partition coefficient (Wildman–Crippen LogP) is 2.90. The summed E-state index contributed by atoms with van der Waals surface area (Å²) in [6, 6.07) is 11.0. The van der Waals surface area contributed by atoms with E-state index in [1.54, 1.807) is 26.1 Å². The van der Waals surface area contributed by atoms with Gasteiger partial charge in [-0.15, -0.1) is 0 Å². The van der Waals surface area contributed by atoms with Gasteiger partial charge in [0.2, 0.25) is 0 Å². The molecule has 0 fully saturated rings. The first kappa shape index (κ1) is 19.7. The number of benzene rings is 1. The van der Waals surface area contributed by atoms with Crippen molar-refractivity contribution in [3.8, 4) is 22.6 Å². The van der Waals surface area contributed by atoms with Crippen LogP contribution in [0.5, 0.6) is 5.75 Å². The first-order chi connectivity index (χ1) is 14.3. The Morgan fingerprint density at radius 3 is 2.60 bits per heavy atom. The Kier molecular flexibility index (Phi) is 5.01. The van der Waals surface area contributed by atoms with Crippen LogP contribution in [0.1, 0.15) is 20.3 Å². The molecule has 1 aromatic carbocycles. The minimum atomic E-state index is -0.771. The average Bonchev–Trinajstić information content (AvgIpc) is 3.09. The second-order valence-electron chi connectivity index (χ2n) is 7.72. The predicted molar refractivity (Wildman–Crippen MR) is 116 cm³/mol. The molecule has 0 aliphatic carbocycles. The van der Waals surface area contributed by atoms with Crippen molar-refractivity contribution < 1.29 is 9.84 Å². The maximum atomic E-state index is 12.6. The highest BCUT2D eigenvalue weighted by Crippen LogP contribution is 2.30. The number of H-pyrrole nitrogens is 1. The second kappa shape index (κ2) is 7.64. The van der Waals surface area contributed by atoms with E-state index < -0.39 is 5.60 Å². The lowest BCUT2D eigenvalue weighted by Gasteiger charge is -2.17. The van der Waals surface area contributed by atoms with Gasteiger partial charge in [0, 0.05) is 18.2 Å². The molecule has 0 radical (unpaired) electrons. The fourth-order valence-corrected chi connectivity index (χ4v) is 3.18. The van der Waals surface area contributed by atoms with E-state index in [2.05, 4.69) is 15.0 Å². The number of fused-ring (bicyclic) bond motifs is 1. The van der Waals surface area contributed by atoms with E-state index in [1.807, 2.05) is 41.1 Å². The summed E-state index contributed by atoms with van der Waals surface area (Å²) in [5.74, 6) is 1.11. The number of anilines is 1. The van der Waals surface area contributed by atoms with Crippen LogP contribution in [0.25, 0.3) is 27.8 Å². The molecule has 3 heterocycles. The monoisotopic (exact) mass is 405 g/mol. The van der Waals surface area contributed by atoms with Gasteiger partial charge in [0.1, 0.15) is 11.6 Å². The number of hydrogen-bond donors (Lipinski definition) is 3. The molecule has 4 aromatic rings. The normalized spacial score (nSPS) is 11.7. The van der Waals surface area contributed by atoms with E-state index in [0.29, 0.717) is 35.6 Å². The summed E-state index contributed by atoms with van der Waals surface area (Å²) >= 11 is 0. The van der Waals surface area contributed by atoms with E-state index in [4.69, 9.17) is 10.5 Å². The Morgan fingerprint density at radius 1 is 1.17 bits per heavy atom. The van der Waals surface area contributed by atoms with Crippen LogP contribution in [0.2, 0.25) is 0 Å². The molecule has 0 saturated carbocycles. The topological polar surface area (TPSA) is 119 Å². The lowest BCUT2D eigenvalue weighted by atomic mass is 10.1. The lowest BCUT2D eigenvalue weighted by molar-refractivity contribution is 0.0553. The standard InChI is InChI=1S/C22H23N5O3/c1-22(2,29)9-10-30-16-6-3-14(4-7-16)17-12-27(15-5-8-18(23)24-11-15)20-19(17)21(28)26-13-25-20/h3-8,11-13,29H,9-10H2,1-2H3,(H2,23,24)(H,25,26,28). The van der Waals surface area contributed by atoms with Crippen LogP contribution in [0, 0.1) is 0 Å². The highest BCUT2D eigenvalue weighted by molar-refractivity contribution is 5.94. The van der Waals surface area contributed by atoms with E-state index >= 15 is 0 Å². The molecule has 4 rings (SSSR count). The van der Waals surface area contributed by atoms with Crippen molar-refractivity contribution in [3.63, 3.8) is 0 Å². The summed E-state index contributed by atoms with van der Waals surface area (Å²) in [6.07, 6.45) is 5.42. The van der Waals surface area contributed by atoms with Gasteiger partial charge in [0.05, 0.1) is 35.8 Å². The van der Waals surface area contributed by atoms with E-state index in [0.717, 1.165) is 16.8 Å². The lowest BCUT2D eigenvalue weighted by Crippen LogP contribution is -2.21. The number of nitrogens with zero attached hydrogens (tertiary/aromatic N) is 3. The van der Waals surface area contributed by atoms with E-state index in [-0.39, 0.29) is 5.56 Å². The Bertz CT molecular complexity index is 1220. The van der Waals surface area contributed by atoms with Gasteiger partial charge in [-0.1, -0.05) is 12.1 Å². The van der Waals surface area contributed by atoms with Crippen LogP contribution in [0.15, 0.2) is 59.9 Å². The number of aliphatic hydroxyl groups is 1. The molecule has 8 heteroatoms. The summed E-state index contributed by atoms with van der Waals surface area (Å²) in [6.45, 7) is 3.91. The van der Waals surface area contributed by atoms with Gasteiger partial charge in [-0.25, -0.2) is 9.97 Å². The van der Waals surface area contributed by atoms with Crippen molar-refractivity contribution in [1.29, 1.82) is 0 Å². The molecule has 0 aliphatic rings. The summed E-state index contributed by atoms with van der Waals surface area (Å²) in [7, 11) is 0. The number of hydrogen-bond acceptors (Lipinski definition) is 6. The van der Waals surface area contributed by atoms with Crippen LogP contribution >= 0.6 is 0 Å². The van der Waals surface area contributed by atoms with Crippen molar-refractivity contribution >= 4 is 16.9 Å². The van der Waals surface area contributed by atoms with Gasteiger partial charge in [0.25, 0.3) is 5.56 Å². The SMILES string of the molecule is CC(C)(O)CCOc1ccc(-c2cn(-c3ccc(N)nc3)c3nc[nH]c(=O)c23)cc1. The first-order valence-corrected chi connectivity index (χ1v) is 9.58. The maximum Gasteiger partial charge on any atom is 0.260 e. The summed E-state index contributed by atoms with van der Waals surface area (Å²) < 4.78 is 7.52. The van der Waals surface area contributed by atoms with Crippen LogP contribution < -0.4 is 16.0 Å². The van der Waals surface area contributed by atoms with Gasteiger partial charge in [-0.2, -0.15) is 0 Å². The van der Waals surface area contributed by atoms with Crippen LogP contribution in [0.4, 0.5) is 5.82 Å². The number of nitrogens with one attached hydrogen (secondary N) is 1. The Morgan fingerprint density at radius 2 is 1.93 bits per heavy atom. The first-order valence-electron chi connectivity index (χ1n) is 9.58. The fourth-order valence-electron chi connectivity index (χ4n) is 3.18. The van der Waals surface area contributed by atoms with Crippen molar-refractivity contribution in [3.05, 3.63) is 65.5 Å². The Hall–Kier alpha value is -3.65. The quantitative estimate of drug-likeness (QED) is 0.454. The van der Waals surface area contributed by atoms with Gasteiger partial charge in [0.15, 0.2) is 5.65 Å². The molecule has 30 heavy (non-hydrogen) atoms. The Balaban J connectivity index is 1.71. The van der Waals surface area contributed by atoms with Crippen molar-refractivity contribution in [1.82, 2.24) is 19.5 Å². The zero-order valence-corrected chi connectivity index (χ0v) is 16.8. The third-order valence-electron chi connectivity index (χ3n) is 4.79. The molecule has 0 unspecified atom stereocenters. The number of nitrogen functional groups attached to an aromatic ring is 1. The number of aromatic amines is 1. The molecular weight excluding hydrogens is 382 g/mol. The van der Waals surface area contributed by atoms with Crippen LogP contribution in [0.3, 0.4) is 0 Å². The van der Waals surface area contributed by atoms with Crippen molar-refractivity contribution in [2.45, 2.75) is 25.9 Å². The molecule has 4 N–H and O–H groups in total. The zero-order valence-electron chi connectivity index (χ0n) is 16.8. The highest BCUT2D eigenvalue weighted by Gasteiger charge is 2.16. The maximum absolute atomic E-state index is 12.6. The molecule has 0 atom stereocenters. The van der Waals surface area contributed by atoms with Crippen LogP contribution in [-0.2, 0) is 0 Å². The smallest absolute Gasteiger partial charge is 0.260 e. The van der Waals surface area contributed by atoms with E-state index in [9.17, 15) is 9.90 Å². The summed E-state index contributed by atoms with van der Waals surface area (Å²) in [4.78, 5) is 23.7. The van der Waals surface area contributed by atoms with Gasteiger partial charge in [-0.3, -0.25) is 9.36 Å². The molecule has 3 aromatic heterocycles. The van der Waals surface area contributed by atoms with Crippen LogP contribution in [-0.4, -0.2) is 36.8 Å². The molecule has 0 spiro atoms. The summed E-state index contributed by atoms with van der Waals surface area (Å²) in [5.41, 5.74) is 7.60. The minimum absolute atomic E-state index is 0.220. The van der Waals surface area contributed by atoms with Gasteiger partial charge >= 0.3 is 0 Å². The molecule has 0 bridgehead atoms. The molecule has 0 saturated heterocycles. The number of rotatable bonds is 6. The molecule has 0 amide bonds.